The van der Waals surface area contributed by atoms with Gasteiger partial charge in [0.1, 0.15) is 12.7 Å². The smallest absolute Gasteiger partial charge is 0.462 e. The normalized spacial score (nSPS) is 14.6. The van der Waals surface area contributed by atoms with Crippen molar-refractivity contribution in [3.63, 3.8) is 0 Å². The summed E-state index contributed by atoms with van der Waals surface area (Å²) in [6.07, 6.45) is 40.5. The molecule has 0 aromatic carbocycles. The van der Waals surface area contributed by atoms with Crippen LogP contribution in [0.25, 0.3) is 0 Å². The summed E-state index contributed by atoms with van der Waals surface area (Å²) in [5.74, 6) is -0.995. The Morgan fingerprint density at radius 3 is 1.55 bits per heavy atom. The van der Waals surface area contributed by atoms with Crippen LogP contribution in [0.3, 0.4) is 0 Å². The average Bonchev–Trinajstić information content (AvgIpc) is 3.14. The minimum absolute atomic E-state index is 0.162. The van der Waals surface area contributed by atoms with E-state index in [4.69, 9.17) is 19.1 Å². The molecule has 3 N–H and O–H groups in total. The molecule has 0 aliphatic heterocycles. The third kappa shape index (κ3) is 37.8. The van der Waals surface area contributed by atoms with Gasteiger partial charge in [-0.25, -0.2) is 4.57 Å². The van der Waals surface area contributed by atoms with E-state index < -0.39 is 51.8 Å². The maximum absolute atomic E-state index is 12.6. The van der Waals surface area contributed by atoms with Gasteiger partial charge in [-0.3, -0.25) is 18.6 Å². The minimum atomic E-state index is -4.63. The highest BCUT2D eigenvalue weighted by molar-refractivity contribution is 7.47. The van der Waals surface area contributed by atoms with Crippen molar-refractivity contribution < 1.29 is 47.8 Å². The topological polar surface area (TPSA) is 149 Å². The number of ether oxygens (including phenoxy) is 2. The third-order valence-corrected chi connectivity index (χ3v) is 9.14. The van der Waals surface area contributed by atoms with E-state index in [0.29, 0.717) is 19.3 Å². The Bertz CT molecular complexity index is 1070. The lowest BCUT2D eigenvalue weighted by atomic mass is 10.0. The summed E-state index contributed by atoms with van der Waals surface area (Å²) >= 11 is 0. The monoisotopic (exact) mass is 768 g/mol. The number of allylic oxidation sites excluding steroid dienone is 10. The summed E-state index contributed by atoms with van der Waals surface area (Å²) in [4.78, 5) is 34.9. The molecule has 0 fully saturated rings. The first-order chi connectivity index (χ1) is 25.7. The van der Waals surface area contributed by atoms with Gasteiger partial charge in [0.15, 0.2) is 6.10 Å². The Hall–Kier alpha value is -2.33. The lowest BCUT2D eigenvalue weighted by Crippen LogP contribution is -2.29. The first-order valence-corrected chi connectivity index (χ1v) is 21.7. The fourth-order valence-electron chi connectivity index (χ4n) is 5.09. The second-order valence-electron chi connectivity index (χ2n) is 13.3. The zero-order valence-corrected chi connectivity index (χ0v) is 33.9. The summed E-state index contributed by atoms with van der Waals surface area (Å²) in [5, 5.41) is 18.3. The molecule has 0 bridgehead atoms. The van der Waals surface area contributed by atoms with Crippen LogP contribution in [0.5, 0.6) is 0 Å². The van der Waals surface area contributed by atoms with E-state index in [2.05, 4.69) is 73.1 Å². The van der Waals surface area contributed by atoms with Crippen molar-refractivity contribution in [1.29, 1.82) is 0 Å². The molecule has 0 aliphatic carbocycles. The summed E-state index contributed by atoms with van der Waals surface area (Å²) < 4.78 is 32.6. The number of carbonyl (C=O) groups excluding carboxylic acids is 2. The van der Waals surface area contributed by atoms with Gasteiger partial charge in [-0.05, 0) is 51.4 Å². The summed E-state index contributed by atoms with van der Waals surface area (Å²) in [6, 6.07) is 0. The largest absolute Gasteiger partial charge is 0.472 e. The molecule has 0 amide bonds. The molecule has 0 rings (SSSR count). The van der Waals surface area contributed by atoms with Crippen molar-refractivity contribution >= 4 is 19.8 Å². The predicted molar refractivity (Wildman–Crippen MR) is 214 cm³/mol. The summed E-state index contributed by atoms with van der Waals surface area (Å²) in [7, 11) is -4.63. The van der Waals surface area contributed by atoms with Crippen LogP contribution in [-0.4, -0.2) is 65.7 Å². The van der Waals surface area contributed by atoms with Crippen LogP contribution in [0.1, 0.15) is 155 Å². The van der Waals surface area contributed by atoms with Crippen molar-refractivity contribution in [2.24, 2.45) is 0 Å². The fraction of sp³-hybridized carbons (Fsp3) is 0.714. The van der Waals surface area contributed by atoms with E-state index in [1.54, 1.807) is 0 Å². The molecule has 0 radical (unpaired) electrons. The zero-order valence-electron chi connectivity index (χ0n) is 33.0. The molecule has 0 saturated heterocycles. The van der Waals surface area contributed by atoms with Crippen LogP contribution in [0.2, 0.25) is 0 Å². The Labute approximate surface area is 321 Å². The highest BCUT2D eigenvalue weighted by Crippen LogP contribution is 2.43. The summed E-state index contributed by atoms with van der Waals surface area (Å²) in [5.41, 5.74) is 0. The molecular weight excluding hydrogens is 695 g/mol. The molecule has 0 aliphatic rings. The second-order valence-corrected chi connectivity index (χ2v) is 14.7. The number of hydrogen-bond donors (Lipinski definition) is 3. The standard InChI is InChI=1S/C42H73O10P/c1-3-5-7-9-11-13-15-17-18-19-20-22-23-25-27-29-31-33-41(45)49-37-40(38-51-53(47,48)50-36-39(44)35-43)52-42(46)34-32-30-28-26-24-21-16-14-12-10-8-6-4-2/h5,7,11,13,17-18,20,22,25,27,39-40,43-44H,3-4,6,8-10,12,14-16,19,21,23-24,26,28-38H2,1-2H3,(H,47,48)/b7-5-,13-11-,18-17-,22-20-,27-25-. The van der Waals surface area contributed by atoms with E-state index >= 15 is 0 Å². The number of aliphatic hydroxyl groups excluding tert-OH is 2. The summed E-state index contributed by atoms with van der Waals surface area (Å²) in [6.45, 7) is 2.18. The van der Waals surface area contributed by atoms with E-state index in [1.807, 2.05) is 6.08 Å². The van der Waals surface area contributed by atoms with E-state index in [9.17, 15) is 24.2 Å². The zero-order chi connectivity index (χ0) is 39.1. The van der Waals surface area contributed by atoms with Crippen molar-refractivity contribution in [1.82, 2.24) is 0 Å². The molecule has 3 atom stereocenters. The highest BCUT2D eigenvalue weighted by atomic mass is 31.2. The molecule has 3 unspecified atom stereocenters. The van der Waals surface area contributed by atoms with Crippen molar-refractivity contribution in [3.05, 3.63) is 60.8 Å². The van der Waals surface area contributed by atoms with E-state index in [-0.39, 0.29) is 19.4 Å². The van der Waals surface area contributed by atoms with Crippen molar-refractivity contribution in [3.8, 4) is 0 Å². The Balaban J connectivity index is 4.43. The minimum Gasteiger partial charge on any atom is -0.462 e. The van der Waals surface area contributed by atoms with Gasteiger partial charge in [0.2, 0.25) is 0 Å². The fourth-order valence-corrected chi connectivity index (χ4v) is 5.88. The Morgan fingerprint density at radius 2 is 1.04 bits per heavy atom. The second kappa shape index (κ2) is 38.0. The van der Waals surface area contributed by atoms with Crippen molar-refractivity contribution in [2.45, 2.75) is 167 Å². The number of hydrogen-bond acceptors (Lipinski definition) is 9. The third-order valence-electron chi connectivity index (χ3n) is 8.19. The van der Waals surface area contributed by atoms with E-state index in [0.717, 1.165) is 51.4 Å². The van der Waals surface area contributed by atoms with Crippen LogP contribution in [0.15, 0.2) is 60.8 Å². The highest BCUT2D eigenvalue weighted by Gasteiger charge is 2.27. The quantitative estimate of drug-likeness (QED) is 0.0241. The lowest BCUT2D eigenvalue weighted by molar-refractivity contribution is -0.161. The average molecular weight is 769 g/mol. The molecule has 0 spiro atoms. The van der Waals surface area contributed by atoms with Gasteiger partial charge in [0.25, 0.3) is 0 Å². The molecular formula is C42H73O10P. The molecule has 0 saturated carbocycles. The van der Waals surface area contributed by atoms with Gasteiger partial charge in [-0.2, -0.15) is 0 Å². The van der Waals surface area contributed by atoms with Gasteiger partial charge in [-0.1, -0.05) is 152 Å². The number of phosphoric acid groups is 1. The molecule has 0 aromatic heterocycles. The molecule has 306 valence electrons. The predicted octanol–water partition coefficient (Wildman–Crippen LogP) is 10.3. The first-order valence-electron chi connectivity index (χ1n) is 20.2. The van der Waals surface area contributed by atoms with Crippen LogP contribution < -0.4 is 0 Å². The van der Waals surface area contributed by atoms with Crippen LogP contribution in [-0.2, 0) is 32.7 Å². The van der Waals surface area contributed by atoms with Gasteiger partial charge in [0, 0.05) is 12.8 Å². The maximum atomic E-state index is 12.6. The molecule has 11 heteroatoms. The maximum Gasteiger partial charge on any atom is 0.472 e. The van der Waals surface area contributed by atoms with Crippen LogP contribution in [0, 0.1) is 0 Å². The number of carbonyl (C=O) groups is 2. The molecule has 0 heterocycles. The van der Waals surface area contributed by atoms with Gasteiger partial charge in [0.05, 0.1) is 19.8 Å². The van der Waals surface area contributed by atoms with Crippen LogP contribution >= 0.6 is 7.82 Å². The number of aliphatic hydroxyl groups is 2. The number of rotatable bonds is 37. The number of unbranched alkanes of at least 4 members (excludes halogenated alkanes) is 13. The molecule has 10 nitrogen and oxygen atoms in total. The SMILES string of the molecule is CC/C=C\C/C=C\C/C=C\C/C=C\C/C=C\CCCC(=O)OCC(COP(=O)(O)OCC(O)CO)OC(=O)CCCCCCCCCCCCCCC. The van der Waals surface area contributed by atoms with Gasteiger partial charge in [-0.15, -0.1) is 0 Å². The van der Waals surface area contributed by atoms with Gasteiger partial charge < -0.3 is 24.6 Å². The lowest BCUT2D eigenvalue weighted by Gasteiger charge is -2.20. The molecule has 53 heavy (non-hydrogen) atoms. The van der Waals surface area contributed by atoms with Gasteiger partial charge >= 0.3 is 19.8 Å². The Kier molecular flexibility index (Phi) is 36.3. The molecule has 0 aromatic rings. The van der Waals surface area contributed by atoms with Crippen LogP contribution in [0.4, 0.5) is 0 Å². The number of phosphoric ester groups is 1. The number of esters is 2. The van der Waals surface area contributed by atoms with Crippen molar-refractivity contribution in [2.75, 3.05) is 26.4 Å². The Morgan fingerprint density at radius 1 is 0.585 bits per heavy atom. The first kappa shape index (κ1) is 50.7. The van der Waals surface area contributed by atoms with E-state index in [1.165, 1.54) is 57.8 Å².